The number of aliphatic hydroxyl groups is 1. The van der Waals surface area contributed by atoms with E-state index in [1.165, 1.54) is 6.33 Å². The lowest BCUT2D eigenvalue weighted by Crippen LogP contribution is -2.22. The van der Waals surface area contributed by atoms with Crippen molar-refractivity contribution >= 4 is 0 Å². The van der Waals surface area contributed by atoms with E-state index in [0.717, 1.165) is 25.0 Å². The average molecular weight is 208 g/mol. The highest BCUT2D eigenvalue weighted by Crippen LogP contribution is 2.34. The molecule has 1 saturated heterocycles. The summed E-state index contributed by atoms with van der Waals surface area (Å²) in [6.45, 7) is 2.82. The Morgan fingerprint density at radius 2 is 2.27 bits per heavy atom. The molecular weight excluding hydrogens is 192 g/mol. The first-order valence-corrected chi connectivity index (χ1v) is 5.37. The van der Waals surface area contributed by atoms with Crippen molar-refractivity contribution < 1.29 is 9.84 Å². The van der Waals surface area contributed by atoms with Crippen molar-refractivity contribution in [3.63, 3.8) is 0 Å². The van der Waals surface area contributed by atoms with E-state index in [9.17, 15) is 5.11 Å². The molecule has 0 aromatic carbocycles. The molecule has 0 radical (unpaired) electrons. The van der Waals surface area contributed by atoms with Gasteiger partial charge in [-0.1, -0.05) is 6.92 Å². The van der Waals surface area contributed by atoms with Crippen molar-refractivity contribution in [1.29, 1.82) is 0 Å². The predicted molar refractivity (Wildman–Crippen MR) is 55.1 cm³/mol. The van der Waals surface area contributed by atoms with Crippen LogP contribution in [-0.2, 0) is 4.74 Å². The van der Waals surface area contributed by atoms with Gasteiger partial charge in [0.25, 0.3) is 0 Å². The molecule has 1 aliphatic rings. The summed E-state index contributed by atoms with van der Waals surface area (Å²) in [5.41, 5.74) is 0.784. The quantitative estimate of drug-likeness (QED) is 0.814. The molecule has 1 aromatic rings. The minimum atomic E-state index is -0.501. The Kier molecular flexibility index (Phi) is 3.28. The molecule has 2 heterocycles. The van der Waals surface area contributed by atoms with Gasteiger partial charge < -0.3 is 9.84 Å². The molecule has 4 heteroatoms. The second kappa shape index (κ2) is 4.68. The molecule has 0 bridgehead atoms. The van der Waals surface area contributed by atoms with Crippen LogP contribution in [0.3, 0.4) is 0 Å². The fourth-order valence-electron chi connectivity index (χ4n) is 2.16. The highest BCUT2D eigenvalue weighted by molar-refractivity contribution is 5.09. The molecule has 0 saturated carbocycles. The molecule has 1 fully saturated rings. The summed E-state index contributed by atoms with van der Waals surface area (Å²) in [6, 6.07) is 0. The number of hydrogen-bond donors (Lipinski definition) is 1. The maximum Gasteiger partial charge on any atom is 0.115 e. The normalized spacial score (nSPS) is 27.9. The number of hydrogen-bond acceptors (Lipinski definition) is 4. The van der Waals surface area contributed by atoms with Gasteiger partial charge >= 0.3 is 0 Å². The zero-order valence-electron chi connectivity index (χ0n) is 8.84. The molecule has 1 aromatic heterocycles. The third-order valence-corrected chi connectivity index (χ3v) is 2.99. The summed E-state index contributed by atoms with van der Waals surface area (Å²) in [4.78, 5) is 7.83. The minimum absolute atomic E-state index is 0.167. The van der Waals surface area contributed by atoms with Crippen molar-refractivity contribution in [2.24, 2.45) is 5.92 Å². The van der Waals surface area contributed by atoms with Crippen molar-refractivity contribution in [3.8, 4) is 0 Å². The van der Waals surface area contributed by atoms with E-state index < -0.39 is 6.10 Å². The van der Waals surface area contributed by atoms with Crippen LogP contribution >= 0.6 is 0 Å². The van der Waals surface area contributed by atoms with Crippen LogP contribution in [-0.4, -0.2) is 27.8 Å². The van der Waals surface area contributed by atoms with Crippen molar-refractivity contribution in [1.82, 2.24) is 9.97 Å². The maximum atomic E-state index is 10.2. The van der Waals surface area contributed by atoms with Crippen LogP contribution < -0.4 is 0 Å². The van der Waals surface area contributed by atoms with Crippen LogP contribution in [0.15, 0.2) is 18.7 Å². The van der Waals surface area contributed by atoms with Gasteiger partial charge in [0.15, 0.2) is 0 Å². The summed E-state index contributed by atoms with van der Waals surface area (Å²) in [5, 5.41) is 10.2. The third kappa shape index (κ3) is 2.16. The molecular formula is C11H16N2O2. The van der Waals surface area contributed by atoms with E-state index in [0.29, 0.717) is 0 Å². The Hall–Kier alpha value is -1.00. The minimum Gasteiger partial charge on any atom is -0.388 e. The van der Waals surface area contributed by atoms with E-state index in [2.05, 4.69) is 16.9 Å². The second-order valence-corrected chi connectivity index (χ2v) is 3.89. The summed E-state index contributed by atoms with van der Waals surface area (Å²) in [5.74, 6) is 0.181. The van der Waals surface area contributed by atoms with Gasteiger partial charge in [-0.3, -0.25) is 0 Å². The van der Waals surface area contributed by atoms with E-state index in [4.69, 9.17) is 4.74 Å². The van der Waals surface area contributed by atoms with E-state index in [1.807, 2.05) is 0 Å². The van der Waals surface area contributed by atoms with Crippen LogP contribution in [0.2, 0.25) is 0 Å². The molecule has 1 N–H and O–H groups in total. The van der Waals surface area contributed by atoms with Crippen LogP contribution in [0.5, 0.6) is 0 Å². The Balaban J connectivity index is 2.10. The molecule has 0 spiro atoms. The smallest absolute Gasteiger partial charge is 0.115 e. The molecule has 15 heavy (non-hydrogen) atoms. The van der Waals surface area contributed by atoms with Gasteiger partial charge in [-0.15, -0.1) is 0 Å². The SMILES string of the molecule is CCC1OCCC1C(O)c1cncnc1. The van der Waals surface area contributed by atoms with Crippen LogP contribution in [0.1, 0.15) is 31.4 Å². The Labute approximate surface area is 89.3 Å². The summed E-state index contributed by atoms with van der Waals surface area (Å²) in [7, 11) is 0. The first-order chi connectivity index (χ1) is 7.33. The maximum absolute atomic E-state index is 10.2. The Morgan fingerprint density at radius 1 is 1.53 bits per heavy atom. The van der Waals surface area contributed by atoms with E-state index in [-0.39, 0.29) is 12.0 Å². The zero-order valence-corrected chi connectivity index (χ0v) is 8.84. The van der Waals surface area contributed by atoms with Gasteiger partial charge in [0.05, 0.1) is 12.2 Å². The topological polar surface area (TPSA) is 55.2 Å². The Bertz CT molecular complexity index is 305. The molecule has 0 aliphatic carbocycles. The first kappa shape index (κ1) is 10.5. The van der Waals surface area contributed by atoms with Crippen molar-refractivity contribution in [2.45, 2.75) is 32.0 Å². The third-order valence-electron chi connectivity index (χ3n) is 2.99. The van der Waals surface area contributed by atoms with Gasteiger partial charge in [-0.2, -0.15) is 0 Å². The molecule has 0 amide bonds. The standard InChI is InChI=1S/C11H16N2O2/c1-2-10-9(3-4-15-10)11(14)8-5-12-7-13-6-8/h5-7,9-11,14H,2-4H2,1H3. The first-order valence-electron chi connectivity index (χ1n) is 5.37. The molecule has 4 nitrogen and oxygen atoms in total. The fourth-order valence-corrected chi connectivity index (χ4v) is 2.16. The monoisotopic (exact) mass is 208 g/mol. The summed E-state index contributed by atoms with van der Waals surface area (Å²) in [6.07, 6.45) is 6.33. The van der Waals surface area contributed by atoms with Gasteiger partial charge in [0, 0.05) is 30.5 Å². The van der Waals surface area contributed by atoms with Gasteiger partial charge in [0.1, 0.15) is 6.33 Å². The molecule has 1 aliphatic heterocycles. The predicted octanol–water partition coefficient (Wildman–Crippen LogP) is 1.33. The van der Waals surface area contributed by atoms with Crippen molar-refractivity contribution in [3.05, 3.63) is 24.3 Å². The highest BCUT2D eigenvalue weighted by Gasteiger charge is 2.33. The lowest BCUT2D eigenvalue weighted by molar-refractivity contribution is 0.0304. The van der Waals surface area contributed by atoms with E-state index >= 15 is 0 Å². The average Bonchev–Trinajstić information content (AvgIpc) is 2.77. The van der Waals surface area contributed by atoms with Crippen molar-refractivity contribution in [2.75, 3.05) is 6.61 Å². The summed E-state index contributed by atoms with van der Waals surface area (Å²) >= 11 is 0. The number of ether oxygens (including phenoxy) is 1. The lowest BCUT2D eigenvalue weighted by atomic mass is 9.90. The number of rotatable bonds is 3. The van der Waals surface area contributed by atoms with Crippen LogP contribution in [0.4, 0.5) is 0 Å². The lowest BCUT2D eigenvalue weighted by Gasteiger charge is -2.22. The molecule has 82 valence electrons. The number of aliphatic hydroxyl groups excluding tert-OH is 1. The zero-order chi connectivity index (χ0) is 10.7. The fraction of sp³-hybridized carbons (Fsp3) is 0.636. The van der Waals surface area contributed by atoms with Gasteiger partial charge in [0.2, 0.25) is 0 Å². The van der Waals surface area contributed by atoms with Crippen LogP contribution in [0.25, 0.3) is 0 Å². The number of aromatic nitrogens is 2. The van der Waals surface area contributed by atoms with Gasteiger partial charge in [-0.25, -0.2) is 9.97 Å². The van der Waals surface area contributed by atoms with E-state index in [1.54, 1.807) is 12.4 Å². The largest absolute Gasteiger partial charge is 0.388 e. The highest BCUT2D eigenvalue weighted by atomic mass is 16.5. The van der Waals surface area contributed by atoms with Gasteiger partial charge in [-0.05, 0) is 12.8 Å². The molecule has 3 atom stereocenters. The number of nitrogens with zero attached hydrogens (tertiary/aromatic N) is 2. The molecule has 2 rings (SSSR count). The summed E-state index contributed by atoms with van der Waals surface area (Å²) < 4.78 is 5.56. The van der Waals surface area contributed by atoms with Crippen LogP contribution in [0, 0.1) is 5.92 Å². The molecule has 3 unspecified atom stereocenters. The Morgan fingerprint density at radius 3 is 2.93 bits per heavy atom. The second-order valence-electron chi connectivity index (χ2n) is 3.89.